The molecule has 60 valence electrons. The van der Waals surface area contributed by atoms with Gasteiger partial charge in [0.1, 0.15) is 0 Å². The van der Waals surface area contributed by atoms with Crippen molar-refractivity contribution < 1.29 is 4.74 Å². The van der Waals surface area contributed by atoms with Crippen molar-refractivity contribution in [3.63, 3.8) is 0 Å². The van der Waals surface area contributed by atoms with Gasteiger partial charge in [-0.25, -0.2) is 0 Å². The lowest BCUT2D eigenvalue weighted by atomic mass is 9.85. The van der Waals surface area contributed by atoms with Crippen LogP contribution in [0, 0.1) is 11.3 Å². The van der Waals surface area contributed by atoms with Crippen LogP contribution in [0.3, 0.4) is 0 Å². The van der Waals surface area contributed by atoms with Crippen LogP contribution < -0.4 is 0 Å². The van der Waals surface area contributed by atoms with Crippen molar-refractivity contribution in [1.82, 2.24) is 0 Å². The summed E-state index contributed by atoms with van der Waals surface area (Å²) >= 11 is 0. The van der Waals surface area contributed by atoms with Gasteiger partial charge in [0.2, 0.25) is 0 Å². The van der Waals surface area contributed by atoms with Gasteiger partial charge in [-0.1, -0.05) is 6.42 Å². The Morgan fingerprint density at radius 3 is 2.50 bits per heavy atom. The minimum atomic E-state index is 0. The molecule has 1 saturated carbocycles. The summed E-state index contributed by atoms with van der Waals surface area (Å²) in [4.78, 5) is 0. The first-order chi connectivity index (χ1) is 4.34. The third-order valence-electron chi connectivity index (χ3n) is 1.78. The van der Waals surface area contributed by atoms with Crippen LogP contribution in [0.2, 0.25) is 0 Å². The Labute approximate surface area is 67.9 Å². The van der Waals surface area contributed by atoms with Crippen LogP contribution in [-0.2, 0) is 4.74 Å². The zero-order valence-electron chi connectivity index (χ0n) is 6.22. The van der Waals surface area contributed by atoms with Crippen LogP contribution in [0.15, 0.2) is 0 Å². The van der Waals surface area contributed by atoms with Crippen molar-refractivity contribution >= 4 is 18.3 Å². The Bertz CT molecular complexity index is 112. The van der Waals surface area contributed by atoms with Crippen molar-refractivity contribution in [2.45, 2.75) is 26.2 Å². The Morgan fingerprint density at radius 1 is 1.60 bits per heavy atom. The summed E-state index contributed by atoms with van der Waals surface area (Å²) in [6, 6.07) is 0. The van der Waals surface area contributed by atoms with Gasteiger partial charge in [-0.05, 0) is 19.8 Å². The number of hydrogen-bond acceptors (Lipinski definition) is 2. The first kappa shape index (κ1) is 9.76. The van der Waals surface area contributed by atoms with Gasteiger partial charge >= 0.3 is 0 Å². The fourth-order valence-corrected chi connectivity index (χ4v) is 0.944. The molecule has 0 radical (unpaired) electrons. The quantitative estimate of drug-likeness (QED) is 0.492. The fraction of sp³-hybridized carbons (Fsp3) is 0.857. The lowest BCUT2D eigenvalue weighted by Gasteiger charge is -2.24. The average molecular weight is 164 g/mol. The number of ether oxygens (including phenoxy) is 1. The third-order valence-corrected chi connectivity index (χ3v) is 1.78. The van der Waals surface area contributed by atoms with Gasteiger partial charge in [-0.3, -0.25) is 5.41 Å². The lowest BCUT2D eigenvalue weighted by molar-refractivity contribution is 0.261. The summed E-state index contributed by atoms with van der Waals surface area (Å²) in [5.74, 6) is 0.966. The third kappa shape index (κ3) is 2.18. The molecule has 1 rings (SSSR count). The molecule has 0 saturated heterocycles. The van der Waals surface area contributed by atoms with Crippen molar-refractivity contribution in [2.75, 3.05) is 6.61 Å². The SMILES string of the molecule is CCOC(=N)C1CCC1.Cl. The Balaban J connectivity index is 0.000000810. The Morgan fingerprint density at radius 2 is 2.20 bits per heavy atom. The van der Waals surface area contributed by atoms with Crippen LogP contribution in [-0.4, -0.2) is 12.5 Å². The van der Waals surface area contributed by atoms with E-state index in [0.29, 0.717) is 18.4 Å². The van der Waals surface area contributed by atoms with Crippen molar-refractivity contribution in [2.24, 2.45) is 5.92 Å². The maximum absolute atomic E-state index is 7.32. The van der Waals surface area contributed by atoms with E-state index in [1.165, 1.54) is 19.3 Å². The van der Waals surface area contributed by atoms with Gasteiger partial charge in [0, 0.05) is 5.92 Å². The van der Waals surface area contributed by atoms with Crippen LogP contribution in [0.5, 0.6) is 0 Å². The van der Waals surface area contributed by atoms with E-state index in [1.54, 1.807) is 0 Å². The highest BCUT2D eigenvalue weighted by molar-refractivity contribution is 5.85. The molecule has 3 heteroatoms. The second kappa shape index (κ2) is 4.56. The van der Waals surface area contributed by atoms with Crippen molar-refractivity contribution in [3.05, 3.63) is 0 Å². The molecule has 1 N–H and O–H groups in total. The van der Waals surface area contributed by atoms with Gasteiger partial charge in [0.05, 0.1) is 6.61 Å². The lowest BCUT2D eigenvalue weighted by Crippen LogP contribution is -2.23. The smallest absolute Gasteiger partial charge is 0.183 e. The molecule has 0 bridgehead atoms. The molecule has 0 aliphatic heterocycles. The maximum Gasteiger partial charge on any atom is 0.183 e. The van der Waals surface area contributed by atoms with E-state index in [1.807, 2.05) is 6.92 Å². The molecular weight excluding hydrogens is 150 g/mol. The highest BCUT2D eigenvalue weighted by Crippen LogP contribution is 2.27. The summed E-state index contributed by atoms with van der Waals surface area (Å²) in [5, 5.41) is 7.32. The van der Waals surface area contributed by atoms with Gasteiger partial charge in [0.15, 0.2) is 5.90 Å². The molecule has 1 aliphatic carbocycles. The molecular formula is C7H14ClNO. The molecule has 0 unspecified atom stereocenters. The second-order valence-corrected chi connectivity index (χ2v) is 2.43. The largest absolute Gasteiger partial charge is 0.481 e. The van der Waals surface area contributed by atoms with Crippen LogP contribution in [0.25, 0.3) is 0 Å². The maximum atomic E-state index is 7.32. The monoisotopic (exact) mass is 163 g/mol. The summed E-state index contributed by atoms with van der Waals surface area (Å²) in [5.41, 5.74) is 0. The highest BCUT2D eigenvalue weighted by atomic mass is 35.5. The Hall–Kier alpha value is -0.240. The Kier molecular flexibility index (Phi) is 4.45. The van der Waals surface area contributed by atoms with Gasteiger partial charge in [-0.2, -0.15) is 0 Å². The molecule has 2 nitrogen and oxygen atoms in total. The molecule has 1 fully saturated rings. The molecule has 0 atom stereocenters. The van der Waals surface area contributed by atoms with E-state index in [0.717, 1.165) is 0 Å². The predicted molar refractivity (Wildman–Crippen MR) is 43.9 cm³/mol. The average Bonchev–Trinajstić information content (AvgIpc) is 1.60. The molecule has 0 spiro atoms. The zero-order chi connectivity index (χ0) is 6.69. The number of nitrogens with one attached hydrogen (secondary N) is 1. The topological polar surface area (TPSA) is 33.1 Å². The normalized spacial score (nSPS) is 16.9. The summed E-state index contributed by atoms with van der Waals surface area (Å²) < 4.78 is 5.03. The number of hydrogen-bond donors (Lipinski definition) is 1. The standard InChI is InChI=1S/C7H13NO.ClH/c1-2-9-7(8)6-4-3-5-6;/h6,8H,2-5H2,1H3;1H. The second-order valence-electron chi connectivity index (χ2n) is 2.43. The molecule has 10 heavy (non-hydrogen) atoms. The first-order valence-electron chi connectivity index (χ1n) is 3.56. The van der Waals surface area contributed by atoms with E-state index in [9.17, 15) is 0 Å². The van der Waals surface area contributed by atoms with Gasteiger partial charge < -0.3 is 4.74 Å². The minimum Gasteiger partial charge on any atom is -0.481 e. The van der Waals surface area contributed by atoms with E-state index in [4.69, 9.17) is 10.1 Å². The minimum absolute atomic E-state index is 0. The molecule has 0 aromatic carbocycles. The molecule has 0 aromatic heterocycles. The first-order valence-corrected chi connectivity index (χ1v) is 3.56. The van der Waals surface area contributed by atoms with Crippen molar-refractivity contribution in [3.8, 4) is 0 Å². The van der Waals surface area contributed by atoms with E-state index >= 15 is 0 Å². The molecule has 0 amide bonds. The van der Waals surface area contributed by atoms with E-state index in [2.05, 4.69) is 0 Å². The molecule has 1 aliphatic rings. The fourth-order valence-electron chi connectivity index (χ4n) is 0.944. The van der Waals surface area contributed by atoms with Crippen LogP contribution in [0.4, 0.5) is 0 Å². The summed E-state index contributed by atoms with van der Waals surface area (Å²) in [6.45, 7) is 2.57. The number of rotatable bonds is 2. The summed E-state index contributed by atoms with van der Waals surface area (Å²) in [6.07, 6.45) is 3.61. The molecule has 0 heterocycles. The highest BCUT2D eigenvalue weighted by Gasteiger charge is 2.22. The van der Waals surface area contributed by atoms with Crippen LogP contribution in [0.1, 0.15) is 26.2 Å². The van der Waals surface area contributed by atoms with E-state index in [-0.39, 0.29) is 12.4 Å². The zero-order valence-corrected chi connectivity index (χ0v) is 7.04. The van der Waals surface area contributed by atoms with Gasteiger partial charge in [0.25, 0.3) is 0 Å². The van der Waals surface area contributed by atoms with Crippen molar-refractivity contribution in [1.29, 1.82) is 5.41 Å². The van der Waals surface area contributed by atoms with Crippen LogP contribution >= 0.6 is 12.4 Å². The van der Waals surface area contributed by atoms with E-state index < -0.39 is 0 Å². The number of halogens is 1. The predicted octanol–water partition coefficient (Wildman–Crippen LogP) is 2.22. The summed E-state index contributed by atoms with van der Waals surface area (Å²) in [7, 11) is 0. The van der Waals surface area contributed by atoms with Gasteiger partial charge in [-0.15, -0.1) is 12.4 Å². The molecule has 0 aromatic rings.